The van der Waals surface area contributed by atoms with Gasteiger partial charge in [0.2, 0.25) is 76.8 Å². The van der Waals surface area contributed by atoms with E-state index in [-0.39, 0.29) is 225 Å². The van der Waals surface area contributed by atoms with Crippen molar-refractivity contribution in [2.24, 2.45) is 51.6 Å². The van der Waals surface area contributed by atoms with Crippen LogP contribution in [-0.4, -0.2) is 285 Å². The number of rotatable bonds is 63. The van der Waals surface area contributed by atoms with Gasteiger partial charge in [0, 0.05) is 114 Å². The summed E-state index contributed by atoms with van der Waals surface area (Å²) in [5, 5.41) is 125. The Morgan fingerprint density at radius 2 is 0.701 bits per heavy atom. The molecular formula is C90H138N34O20. The molecule has 4 aromatic rings. The Balaban J connectivity index is 1.23. The number of carbonyl (C=O) groups excluding carboxylic acids is 15. The Morgan fingerprint density at radius 3 is 1.07 bits per heavy atom. The fourth-order valence-electron chi connectivity index (χ4n) is 15.3. The minimum absolute atomic E-state index is 0.0000350. The van der Waals surface area contributed by atoms with Crippen LogP contribution in [0.1, 0.15) is 178 Å². The Labute approximate surface area is 830 Å². The van der Waals surface area contributed by atoms with Crippen molar-refractivity contribution in [2.75, 3.05) is 79.5 Å². The first kappa shape index (κ1) is 116. The number of hydrogen-bond donors (Lipinski definition) is 36. The van der Waals surface area contributed by atoms with E-state index in [4.69, 9.17) is 93.5 Å². The molecule has 0 aromatic heterocycles. The van der Waals surface area contributed by atoms with Gasteiger partial charge in [0.1, 0.15) is 89.2 Å². The lowest BCUT2D eigenvalue weighted by Crippen LogP contribution is -2.60. The molecule has 0 saturated carbocycles. The van der Waals surface area contributed by atoms with Gasteiger partial charge in [0.05, 0.1) is 12.1 Å². The van der Waals surface area contributed by atoms with E-state index in [9.17, 15) is 77.6 Å². The van der Waals surface area contributed by atoms with Gasteiger partial charge in [-0.3, -0.25) is 99.6 Å². The molecule has 0 bridgehead atoms. The van der Waals surface area contributed by atoms with Crippen molar-refractivity contribution in [1.29, 1.82) is 32.5 Å². The van der Waals surface area contributed by atoms with Crippen LogP contribution >= 0.6 is 0 Å². The number of guanidine groups is 6. The molecule has 0 fully saturated rings. The van der Waals surface area contributed by atoms with E-state index in [2.05, 4.69) is 95.7 Å². The summed E-state index contributed by atoms with van der Waals surface area (Å²) in [5.74, 6) is -16.5. The normalized spacial score (nSPS) is 13.8. The maximum atomic E-state index is 15.2. The number of benzene rings is 4. The topological polar surface area (TPSA) is 932 Å². The molecule has 0 radical (unpaired) electrons. The zero-order valence-corrected chi connectivity index (χ0v) is 80.3. The lowest BCUT2D eigenvalue weighted by Gasteiger charge is -2.36. The number of amides is 14. The van der Waals surface area contributed by atoms with Gasteiger partial charge in [-0.15, -0.1) is 0 Å². The zero-order chi connectivity index (χ0) is 106. The van der Waals surface area contributed by atoms with Crippen LogP contribution in [-0.2, 0) is 79.1 Å². The van der Waals surface area contributed by atoms with E-state index in [1.165, 1.54) is 83.8 Å². The fraction of sp³-hybridized carbons (Fsp3) is 0.500. The van der Waals surface area contributed by atoms with Crippen molar-refractivity contribution in [3.63, 3.8) is 0 Å². The number of phenolic OH excluding ortho intramolecular Hbond substituents is 3. The Hall–Kier alpha value is -16.3. The van der Waals surface area contributed by atoms with Crippen molar-refractivity contribution in [1.82, 2.24) is 101 Å². The molecule has 6 rings (SSSR count). The highest BCUT2D eigenvalue weighted by Gasteiger charge is 2.54. The van der Waals surface area contributed by atoms with Crippen molar-refractivity contribution >= 4 is 124 Å². The zero-order valence-electron chi connectivity index (χ0n) is 80.3. The molecule has 0 unspecified atom stereocenters. The number of nitrogens with two attached hydrogens (primary N) is 9. The van der Waals surface area contributed by atoms with Crippen LogP contribution in [0.2, 0.25) is 0 Å². The lowest BCUT2D eigenvalue weighted by atomic mass is 9.77. The average Bonchev–Trinajstić information content (AvgIpc) is 1.53. The molecule has 54 nitrogen and oxygen atoms in total. The van der Waals surface area contributed by atoms with E-state index >= 15 is 9.59 Å². The van der Waals surface area contributed by atoms with Crippen molar-refractivity contribution in [3.05, 3.63) is 112 Å². The predicted molar refractivity (Wildman–Crippen MR) is 527 cm³/mol. The number of carbonyl (C=O) groups is 15. The third-order valence-corrected chi connectivity index (χ3v) is 22.8. The van der Waals surface area contributed by atoms with Crippen molar-refractivity contribution < 1.29 is 96.7 Å². The molecule has 2 heterocycles. The summed E-state index contributed by atoms with van der Waals surface area (Å²) in [6, 6.07) is 2.73. The number of unbranched alkanes of at least 4 members (excludes halogenated alkanes) is 2. The molecule has 54 heteroatoms. The van der Waals surface area contributed by atoms with Gasteiger partial charge >= 0.3 is 5.97 Å². The number of fused-ring (bicyclic) bond motifs is 6. The van der Waals surface area contributed by atoms with Crippen molar-refractivity contribution in [2.45, 2.75) is 207 Å². The second kappa shape index (κ2) is 59.3. The molecule has 2 aliphatic heterocycles. The summed E-state index contributed by atoms with van der Waals surface area (Å²) in [5.41, 5.74) is 50.4. The molecule has 144 heavy (non-hydrogen) atoms. The standard InChI is InChI=1S/C90H138N34O20/c1-124(2)89(105)112-41-12-20-64(80(139)121-63(19-11-40-111-88(103)104)81(140)123-65(31-32-69(93)128)82(141)122-62(18-10-39-110-87(101)102)79(138)119-61(17-9-38-109-86(99)100)76(135)116-57(72(94)131)15-7-36-107-84(95)96)120-78(137)60(14-4-6-35-92)118-77(136)59(13-3-5-34-91)117-75(134)58(16-8-37-108-85(97)98)114-71(130)47-113-74(133)66(43-48-21-24-50(125)25-22-48)115-70(129)33-42-106-73(132)49-23-28-53-56(44-49)90(144-83(53)142)54-29-26-51(126)45-67(54)143-68-46-52(127)27-30-55(68)90/h21-30,44-46,57-66,125-127H,3-20,31-43,47,91-92H2,1-2H3,(H2,93,128)(H2,94,131)(H2,105,112)(H,106,132)(H,113,133)(H,114,130)(H,115,129)(H,116,135)(H,117,134)(H,118,136)(H,119,138)(H,120,137)(H,121,139)(H,122,141)(H,123,140)(H4,95,96,107)(H4,97,98,108)(H4,99,100,109)(H4,101,102,110)(H4,103,104,111)/t57-,58-,59-,60-,61-,62-,63-,64-,65-,66-/m0/s1. The minimum Gasteiger partial charge on any atom is -0.508 e. The largest absolute Gasteiger partial charge is 0.508 e. The molecular weight excluding hydrogens is 1880 g/mol. The van der Waals surface area contributed by atoms with Gasteiger partial charge in [-0.05, 0) is 195 Å². The maximum absolute atomic E-state index is 15.2. The lowest BCUT2D eigenvalue weighted by molar-refractivity contribution is -0.136. The summed E-state index contributed by atoms with van der Waals surface area (Å²) in [6.07, 6.45) is -1.99. The number of esters is 1. The van der Waals surface area contributed by atoms with Gasteiger partial charge in [0.25, 0.3) is 5.91 Å². The molecule has 4 aromatic carbocycles. The van der Waals surface area contributed by atoms with Gasteiger partial charge < -0.3 is 177 Å². The molecule has 788 valence electrons. The molecule has 14 amide bonds. The van der Waals surface area contributed by atoms with Crippen LogP contribution < -0.4 is 152 Å². The summed E-state index contributed by atoms with van der Waals surface area (Å²) in [4.78, 5) is 215. The Bertz CT molecular complexity index is 5150. The van der Waals surface area contributed by atoms with E-state index in [0.717, 1.165) is 0 Å². The number of hydrogen-bond acceptors (Lipinski definition) is 28. The van der Waals surface area contributed by atoms with Crippen LogP contribution in [0.3, 0.4) is 0 Å². The van der Waals surface area contributed by atoms with Crippen LogP contribution in [0.25, 0.3) is 0 Å². The van der Waals surface area contributed by atoms with Gasteiger partial charge in [-0.2, -0.15) is 0 Å². The highest BCUT2D eigenvalue weighted by atomic mass is 16.6. The second-order valence-corrected chi connectivity index (χ2v) is 34.3. The van der Waals surface area contributed by atoms with E-state index in [1.54, 1.807) is 14.1 Å². The smallest absolute Gasteiger partial charge is 0.340 e. The first-order chi connectivity index (χ1) is 68.4. The van der Waals surface area contributed by atoms with Gasteiger partial charge in [-0.25, -0.2) is 4.79 Å². The number of nitrogens with zero attached hydrogens (tertiary/aromatic N) is 1. The minimum atomic E-state index is -1.77. The second-order valence-electron chi connectivity index (χ2n) is 34.3. The third kappa shape index (κ3) is 39.0. The number of phenols is 3. The highest BCUT2D eigenvalue weighted by Crippen LogP contribution is 2.57. The number of nitrogens with one attached hydrogen (secondary N) is 24. The average molecular weight is 2020 g/mol. The SMILES string of the molecule is CN(C)C(=N)NCCC[C@H](NC(=O)[C@H](CCCCN)NC(=O)[C@H](CCCCN)NC(=O)[C@H](CCCNC(=N)N)NC(=O)CNC(=O)[C@H](Cc1ccc(O)cc1)NC(=O)CCNC(=O)c1ccc2c(c1)C1(OC2=O)c2ccc(O)cc2Oc2cc(O)ccc21)C(=O)N[C@@H](CCCNC(=N)N)C(=O)N[C@@H](CCC(N)=O)C(=O)N[C@@H](CCCNC(=N)N)C(=O)N[C@@H](CCCNC(=N)N)C(=O)N[C@@H](CCCNC(=N)N)C(N)=O. The predicted octanol–water partition coefficient (Wildman–Crippen LogP) is -7.11. The Kier molecular flexibility index (Phi) is 47.9. The van der Waals surface area contributed by atoms with Crippen LogP contribution in [0.4, 0.5) is 0 Å². The Morgan fingerprint density at radius 1 is 0.354 bits per heavy atom. The molecule has 10 atom stereocenters. The molecule has 45 N–H and O–H groups in total. The highest BCUT2D eigenvalue weighted by molar-refractivity contribution is 6.03. The number of aromatic hydroxyl groups is 3. The molecule has 1 spiro atoms. The van der Waals surface area contributed by atoms with Crippen LogP contribution in [0, 0.1) is 32.5 Å². The maximum Gasteiger partial charge on any atom is 0.340 e. The summed E-state index contributed by atoms with van der Waals surface area (Å²) >= 11 is 0. The fourth-order valence-corrected chi connectivity index (χ4v) is 15.3. The van der Waals surface area contributed by atoms with E-state index < -0.39 is 204 Å². The van der Waals surface area contributed by atoms with E-state index in [0.29, 0.717) is 29.5 Å². The molecule has 0 saturated heterocycles. The monoisotopic (exact) mass is 2020 g/mol. The van der Waals surface area contributed by atoms with E-state index in [1.807, 2.05) is 0 Å². The first-order valence-corrected chi connectivity index (χ1v) is 46.9. The summed E-state index contributed by atoms with van der Waals surface area (Å²) in [7, 11) is 3.18. The first-order valence-electron chi connectivity index (χ1n) is 46.9. The van der Waals surface area contributed by atoms with Gasteiger partial charge in [-0.1, -0.05) is 12.1 Å². The van der Waals surface area contributed by atoms with Crippen LogP contribution in [0.15, 0.2) is 78.9 Å². The number of ether oxygens (including phenoxy) is 2. The molecule has 2 aliphatic rings. The summed E-state index contributed by atoms with van der Waals surface area (Å²) in [6.45, 7) is -0.881. The summed E-state index contributed by atoms with van der Waals surface area (Å²) < 4.78 is 12.2. The van der Waals surface area contributed by atoms with Gasteiger partial charge in [0.15, 0.2) is 41.4 Å². The quantitative estimate of drug-likeness (QED) is 0.00845. The van der Waals surface area contributed by atoms with Crippen molar-refractivity contribution in [3.8, 4) is 28.7 Å². The third-order valence-electron chi connectivity index (χ3n) is 22.8. The molecule has 0 aliphatic carbocycles. The van der Waals surface area contributed by atoms with Crippen LogP contribution in [0.5, 0.6) is 28.7 Å². The number of primary amides is 2.